The number of hydrogen-bond donors (Lipinski definition) is 1. The van der Waals surface area contributed by atoms with Gasteiger partial charge in [0.05, 0.1) is 12.4 Å². The van der Waals surface area contributed by atoms with E-state index in [-0.39, 0.29) is 11.7 Å². The second-order valence-corrected chi connectivity index (χ2v) is 8.07. The lowest BCUT2D eigenvalue weighted by Gasteiger charge is -2.09. The Bertz CT molecular complexity index is 1230. The van der Waals surface area contributed by atoms with E-state index < -0.39 is 0 Å². The second kappa shape index (κ2) is 9.36. The highest BCUT2D eigenvalue weighted by molar-refractivity contribution is 7.99. The molecule has 0 saturated heterocycles. The minimum absolute atomic E-state index is 0.132. The van der Waals surface area contributed by atoms with E-state index in [1.54, 1.807) is 10.6 Å². The third kappa shape index (κ3) is 4.81. The maximum Gasteiger partial charge on any atom is 0.234 e. The van der Waals surface area contributed by atoms with Gasteiger partial charge in [-0.2, -0.15) is 9.61 Å². The van der Waals surface area contributed by atoms with Crippen LogP contribution < -0.4 is 10.1 Å². The first kappa shape index (κ1) is 21.1. The summed E-state index contributed by atoms with van der Waals surface area (Å²) in [5.74, 6) is 1.50. The summed E-state index contributed by atoms with van der Waals surface area (Å²) in [4.78, 5) is 12.4. The summed E-state index contributed by atoms with van der Waals surface area (Å²) < 4.78 is 7.17. The minimum Gasteiger partial charge on any atom is -0.494 e. The van der Waals surface area contributed by atoms with Crippen LogP contribution in [0.5, 0.6) is 5.75 Å². The predicted octanol–water partition coefficient (Wildman–Crippen LogP) is 4.88. The molecule has 0 aliphatic rings. The SMILES string of the molecule is CCOc1ccc(-c2nnc3ccc(SCC(=O)Nc4cccc(Cl)c4C)nn23)cc1. The van der Waals surface area contributed by atoms with Crippen LogP contribution in [0.1, 0.15) is 12.5 Å². The molecule has 0 spiro atoms. The molecule has 1 amide bonds. The third-order valence-electron chi connectivity index (χ3n) is 4.55. The molecule has 0 unspecified atom stereocenters. The van der Waals surface area contributed by atoms with Crippen LogP contribution in [0.25, 0.3) is 17.0 Å². The van der Waals surface area contributed by atoms with Gasteiger partial charge in [0, 0.05) is 16.3 Å². The summed E-state index contributed by atoms with van der Waals surface area (Å²) in [6, 6.07) is 16.7. The van der Waals surface area contributed by atoms with Gasteiger partial charge in [-0.05, 0) is 67.9 Å². The van der Waals surface area contributed by atoms with Crippen LogP contribution in [0.2, 0.25) is 5.02 Å². The smallest absolute Gasteiger partial charge is 0.234 e. The van der Waals surface area contributed by atoms with E-state index in [1.165, 1.54) is 11.8 Å². The van der Waals surface area contributed by atoms with Crippen molar-refractivity contribution < 1.29 is 9.53 Å². The summed E-state index contributed by atoms with van der Waals surface area (Å²) in [6.07, 6.45) is 0. The Morgan fingerprint density at radius 1 is 1.13 bits per heavy atom. The number of ether oxygens (including phenoxy) is 1. The molecular formula is C22H20ClN5O2S. The van der Waals surface area contributed by atoms with Gasteiger partial charge in [0.2, 0.25) is 5.91 Å². The molecule has 0 atom stereocenters. The number of rotatable bonds is 7. The number of carbonyl (C=O) groups excluding carboxylic acids is 1. The van der Waals surface area contributed by atoms with Gasteiger partial charge >= 0.3 is 0 Å². The molecule has 2 aromatic carbocycles. The molecule has 2 heterocycles. The fraction of sp³-hybridized carbons (Fsp3) is 0.182. The Kier molecular flexibility index (Phi) is 6.39. The van der Waals surface area contributed by atoms with E-state index in [9.17, 15) is 4.79 Å². The molecule has 4 rings (SSSR count). The highest BCUT2D eigenvalue weighted by Crippen LogP contribution is 2.25. The quantitative estimate of drug-likeness (QED) is 0.401. The summed E-state index contributed by atoms with van der Waals surface area (Å²) in [5, 5.41) is 17.2. The molecule has 158 valence electrons. The van der Waals surface area contributed by atoms with Crippen molar-refractivity contribution in [2.45, 2.75) is 18.9 Å². The number of fused-ring (bicyclic) bond motifs is 1. The van der Waals surface area contributed by atoms with Crippen LogP contribution in [0, 0.1) is 6.92 Å². The van der Waals surface area contributed by atoms with Crippen LogP contribution in [0.15, 0.2) is 59.6 Å². The first-order valence-electron chi connectivity index (χ1n) is 9.68. The molecule has 2 aromatic heterocycles. The van der Waals surface area contributed by atoms with Gasteiger partial charge < -0.3 is 10.1 Å². The van der Waals surface area contributed by atoms with Crippen molar-refractivity contribution in [3.05, 3.63) is 65.2 Å². The van der Waals surface area contributed by atoms with Crippen molar-refractivity contribution in [2.24, 2.45) is 0 Å². The van der Waals surface area contributed by atoms with Gasteiger partial charge in [0.15, 0.2) is 11.5 Å². The van der Waals surface area contributed by atoms with Gasteiger partial charge in [0.1, 0.15) is 10.8 Å². The van der Waals surface area contributed by atoms with Gasteiger partial charge in [0.25, 0.3) is 0 Å². The molecule has 0 aliphatic carbocycles. The molecule has 0 saturated carbocycles. The first-order chi connectivity index (χ1) is 15.0. The Morgan fingerprint density at radius 3 is 2.71 bits per heavy atom. The number of amides is 1. The Balaban J connectivity index is 1.48. The highest BCUT2D eigenvalue weighted by atomic mass is 35.5. The molecule has 9 heteroatoms. The van der Waals surface area contributed by atoms with E-state index in [4.69, 9.17) is 16.3 Å². The van der Waals surface area contributed by atoms with Crippen LogP contribution in [-0.4, -0.2) is 38.1 Å². The largest absolute Gasteiger partial charge is 0.494 e. The Hall–Kier alpha value is -3.10. The summed E-state index contributed by atoms with van der Waals surface area (Å²) in [6.45, 7) is 4.42. The lowest BCUT2D eigenvalue weighted by molar-refractivity contribution is -0.113. The number of carbonyl (C=O) groups is 1. The lowest BCUT2D eigenvalue weighted by atomic mass is 10.2. The van der Waals surface area contributed by atoms with Crippen molar-refractivity contribution in [1.29, 1.82) is 0 Å². The summed E-state index contributed by atoms with van der Waals surface area (Å²) in [5.41, 5.74) is 3.05. The van der Waals surface area contributed by atoms with Gasteiger partial charge in [-0.1, -0.05) is 29.4 Å². The van der Waals surface area contributed by atoms with Crippen molar-refractivity contribution >= 4 is 40.6 Å². The van der Waals surface area contributed by atoms with Crippen LogP contribution in [-0.2, 0) is 4.79 Å². The average Bonchev–Trinajstić information content (AvgIpc) is 3.19. The van der Waals surface area contributed by atoms with E-state index in [2.05, 4.69) is 20.6 Å². The summed E-state index contributed by atoms with van der Waals surface area (Å²) >= 11 is 7.45. The van der Waals surface area contributed by atoms with Crippen LogP contribution in [0.4, 0.5) is 5.69 Å². The van der Waals surface area contributed by atoms with E-state index in [0.717, 1.165) is 16.9 Å². The fourth-order valence-electron chi connectivity index (χ4n) is 2.96. The van der Waals surface area contributed by atoms with Gasteiger partial charge in [-0.15, -0.1) is 10.2 Å². The number of aromatic nitrogens is 4. The molecule has 0 aliphatic heterocycles. The summed E-state index contributed by atoms with van der Waals surface area (Å²) in [7, 11) is 0. The van der Waals surface area contributed by atoms with Crippen LogP contribution in [0.3, 0.4) is 0 Å². The molecule has 1 N–H and O–H groups in total. The Morgan fingerprint density at radius 2 is 1.94 bits per heavy atom. The maximum atomic E-state index is 12.4. The molecule has 0 radical (unpaired) electrons. The number of hydrogen-bond acceptors (Lipinski definition) is 6. The zero-order valence-corrected chi connectivity index (χ0v) is 18.6. The molecular weight excluding hydrogens is 434 g/mol. The molecule has 0 fully saturated rings. The van der Waals surface area contributed by atoms with Gasteiger partial charge in [-0.25, -0.2) is 0 Å². The standard InChI is InChI=1S/C22H20ClN5O2S/c1-3-30-16-9-7-15(8-10-16)22-26-25-19-11-12-21(27-28(19)22)31-13-20(29)24-18-6-4-5-17(23)14(18)2/h4-12H,3,13H2,1-2H3,(H,24,29). The average molecular weight is 454 g/mol. The van der Waals surface area contributed by atoms with Crippen molar-refractivity contribution in [2.75, 3.05) is 17.7 Å². The van der Waals surface area contributed by atoms with Crippen molar-refractivity contribution in [3.8, 4) is 17.1 Å². The number of thioether (sulfide) groups is 1. The van der Waals surface area contributed by atoms with Gasteiger partial charge in [-0.3, -0.25) is 4.79 Å². The first-order valence-corrected chi connectivity index (χ1v) is 11.0. The zero-order valence-electron chi connectivity index (χ0n) is 17.0. The molecule has 4 aromatic rings. The molecule has 7 nitrogen and oxygen atoms in total. The highest BCUT2D eigenvalue weighted by Gasteiger charge is 2.12. The Labute approximate surface area is 188 Å². The van der Waals surface area contributed by atoms with Crippen molar-refractivity contribution in [1.82, 2.24) is 19.8 Å². The third-order valence-corrected chi connectivity index (χ3v) is 5.88. The van der Waals surface area contributed by atoms with E-state index in [0.29, 0.717) is 33.8 Å². The molecule has 0 bridgehead atoms. The second-order valence-electron chi connectivity index (χ2n) is 6.67. The predicted molar refractivity (Wildman–Crippen MR) is 123 cm³/mol. The molecule has 31 heavy (non-hydrogen) atoms. The number of nitrogens with one attached hydrogen (secondary N) is 1. The van der Waals surface area contributed by atoms with Crippen molar-refractivity contribution in [3.63, 3.8) is 0 Å². The van der Waals surface area contributed by atoms with Crippen LogP contribution >= 0.6 is 23.4 Å². The fourth-order valence-corrected chi connectivity index (χ4v) is 3.79. The van der Waals surface area contributed by atoms with E-state index in [1.807, 2.05) is 62.4 Å². The number of halogens is 1. The van der Waals surface area contributed by atoms with E-state index >= 15 is 0 Å². The monoisotopic (exact) mass is 453 g/mol. The normalized spacial score (nSPS) is 10.9. The topological polar surface area (TPSA) is 81.4 Å². The zero-order chi connectivity index (χ0) is 21.8. The minimum atomic E-state index is -0.132. The maximum absolute atomic E-state index is 12.4. The lowest BCUT2D eigenvalue weighted by Crippen LogP contribution is -2.15. The number of benzene rings is 2. The number of anilines is 1. The number of nitrogens with zero attached hydrogens (tertiary/aromatic N) is 4.